The summed E-state index contributed by atoms with van der Waals surface area (Å²) in [6.45, 7) is 4.18. The van der Waals surface area contributed by atoms with Crippen molar-refractivity contribution in [2.45, 2.75) is 6.42 Å². The van der Waals surface area contributed by atoms with E-state index in [1.807, 2.05) is 35.2 Å². The Bertz CT molecular complexity index is 742. The second-order valence-electron chi connectivity index (χ2n) is 6.31. The summed E-state index contributed by atoms with van der Waals surface area (Å²) in [5.41, 5.74) is 3.47. The predicted octanol–water partition coefficient (Wildman–Crippen LogP) is 2.49. The first-order chi connectivity index (χ1) is 12.3. The molecule has 0 radical (unpaired) electrons. The van der Waals surface area contributed by atoms with Gasteiger partial charge in [0.1, 0.15) is 5.75 Å². The van der Waals surface area contributed by atoms with Crippen LogP contribution >= 0.6 is 0 Å². The third-order valence-electron chi connectivity index (χ3n) is 4.74. The fourth-order valence-electron chi connectivity index (χ4n) is 3.41. The molecule has 0 spiro atoms. The molecule has 1 amide bonds. The molecule has 2 aliphatic rings. The van der Waals surface area contributed by atoms with Crippen molar-refractivity contribution in [1.29, 1.82) is 0 Å². The maximum atomic E-state index is 12.5. The first kappa shape index (κ1) is 16.0. The van der Waals surface area contributed by atoms with Gasteiger partial charge in [-0.2, -0.15) is 0 Å². The summed E-state index contributed by atoms with van der Waals surface area (Å²) in [6.07, 6.45) is 0.893. The molecule has 0 atom stereocenters. The standard InChI is InChI=1S/C20H22N2O3/c23-20(15-25-18-4-2-1-3-5-18)22-9-8-16-14-17(6-7-19(16)22)21-10-12-24-13-11-21/h1-7,14H,8-13,15H2. The van der Waals surface area contributed by atoms with Crippen LogP contribution in [0.3, 0.4) is 0 Å². The number of rotatable bonds is 4. The van der Waals surface area contributed by atoms with Crippen molar-refractivity contribution < 1.29 is 14.3 Å². The van der Waals surface area contributed by atoms with E-state index >= 15 is 0 Å². The summed E-state index contributed by atoms with van der Waals surface area (Å²) in [7, 11) is 0. The maximum absolute atomic E-state index is 12.5. The molecule has 0 bridgehead atoms. The maximum Gasteiger partial charge on any atom is 0.264 e. The van der Waals surface area contributed by atoms with Gasteiger partial charge in [0.2, 0.25) is 0 Å². The zero-order valence-electron chi connectivity index (χ0n) is 14.2. The molecule has 2 aromatic rings. The summed E-state index contributed by atoms with van der Waals surface area (Å²) in [5.74, 6) is 0.722. The number of anilines is 2. The summed E-state index contributed by atoms with van der Waals surface area (Å²) >= 11 is 0. The molecule has 25 heavy (non-hydrogen) atoms. The van der Waals surface area contributed by atoms with Gasteiger partial charge in [-0.25, -0.2) is 0 Å². The van der Waals surface area contributed by atoms with Crippen LogP contribution in [0.1, 0.15) is 5.56 Å². The number of hydrogen-bond donors (Lipinski definition) is 0. The highest BCUT2D eigenvalue weighted by Gasteiger charge is 2.26. The van der Waals surface area contributed by atoms with E-state index in [9.17, 15) is 4.79 Å². The number of carbonyl (C=O) groups is 1. The first-order valence-corrected chi connectivity index (χ1v) is 8.75. The van der Waals surface area contributed by atoms with E-state index in [4.69, 9.17) is 9.47 Å². The molecule has 0 aromatic heterocycles. The lowest BCUT2D eigenvalue weighted by Crippen LogP contribution is -2.36. The van der Waals surface area contributed by atoms with Crippen LogP contribution in [0.25, 0.3) is 0 Å². The number of para-hydroxylation sites is 1. The fraction of sp³-hybridized carbons (Fsp3) is 0.350. The molecule has 1 fully saturated rings. The third-order valence-corrected chi connectivity index (χ3v) is 4.74. The van der Waals surface area contributed by atoms with Gasteiger partial charge in [-0.05, 0) is 42.3 Å². The van der Waals surface area contributed by atoms with Gasteiger partial charge in [-0.1, -0.05) is 18.2 Å². The minimum atomic E-state index is 0.00160. The van der Waals surface area contributed by atoms with Gasteiger partial charge in [0.05, 0.1) is 13.2 Å². The van der Waals surface area contributed by atoms with Crippen LogP contribution in [0, 0.1) is 0 Å². The van der Waals surface area contributed by atoms with Crippen molar-refractivity contribution in [3.05, 3.63) is 54.1 Å². The van der Waals surface area contributed by atoms with E-state index in [-0.39, 0.29) is 12.5 Å². The van der Waals surface area contributed by atoms with Gasteiger partial charge < -0.3 is 19.3 Å². The van der Waals surface area contributed by atoms with Gasteiger partial charge >= 0.3 is 0 Å². The van der Waals surface area contributed by atoms with Gasteiger partial charge in [0, 0.05) is 31.0 Å². The van der Waals surface area contributed by atoms with Crippen molar-refractivity contribution in [2.75, 3.05) is 49.3 Å². The Balaban J connectivity index is 1.43. The zero-order valence-corrected chi connectivity index (χ0v) is 14.2. The van der Waals surface area contributed by atoms with Crippen molar-refractivity contribution in [2.24, 2.45) is 0 Å². The van der Waals surface area contributed by atoms with Crippen LogP contribution in [0.5, 0.6) is 5.75 Å². The van der Waals surface area contributed by atoms with Gasteiger partial charge in [0.25, 0.3) is 5.91 Å². The van der Waals surface area contributed by atoms with E-state index in [0.717, 1.165) is 50.7 Å². The molecule has 2 heterocycles. The molecule has 5 heteroatoms. The van der Waals surface area contributed by atoms with Crippen LogP contribution < -0.4 is 14.5 Å². The number of morpholine rings is 1. The quantitative estimate of drug-likeness (QED) is 0.859. The van der Waals surface area contributed by atoms with Crippen LogP contribution in [0.15, 0.2) is 48.5 Å². The number of amides is 1. The van der Waals surface area contributed by atoms with Gasteiger partial charge in [-0.3, -0.25) is 4.79 Å². The summed E-state index contributed by atoms with van der Waals surface area (Å²) < 4.78 is 11.0. The van der Waals surface area contributed by atoms with Crippen molar-refractivity contribution in [1.82, 2.24) is 0 Å². The second kappa shape index (κ2) is 7.15. The molecule has 0 aliphatic carbocycles. The molecular weight excluding hydrogens is 316 g/mol. The van der Waals surface area contributed by atoms with Gasteiger partial charge in [0.15, 0.2) is 6.61 Å². The van der Waals surface area contributed by atoms with E-state index < -0.39 is 0 Å². The monoisotopic (exact) mass is 338 g/mol. The number of benzene rings is 2. The molecule has 2 aliphatic heterocycles. The molecule has 0 saturated carbocycles. The lowest BCUT2D eigenvalue weighted by molar-refractivity contribution is -0.120. The molecule has 1 saturated heterocycles. The number of fused-ring (bicyclic) bond motifs is 1. The lowest BCUT2D eigenvalue weighted by atomic mass is 10.1. The molecular formula is C20H22N2O3. The zero-order chi connectivity index (χ0) is 17.1. The Hall–Kier alpha value is -2.53. The normalized spacial score (nSPS) is 16.6. The molecule has 0 unspecified atom stereocenters. The average Bonchev–Trinajstić information content (AvgIpc) is 3.11. The predicted molar refractivity (Wildman–Crippen MR) is 97.5 cm³/mol. The fourth-order valence-corrected chi connectivity index (χ4v) is 3.41. The third kappa shape index (κ3) is 3.46. The summed E-state index contributed by atoms with van der Waals surface area (Å²) in [5, 5.41) is 0. The SMILES string of the molecule is O=C(COc1ccccc1)N1CCc2cc(N3CCOCC3)ccc21. The first-order valence-electron chi connectivity index (χ1n) is 8.75. The highest BCUT2D eigenvalue weighted by molar-refractivity contribution is 5.96. The Morgan fingerprint density at radius 3 is 2.64 bits per heavy atom. The average molecular weight is 338 g/mol. The Labute approximate surface area is 147 Å². The minimum Gasteiger partial charge on any atom is -0.484 e. The van der Waals surface area contributed by atoms with Crippen LogP contribution in [-0.2, 0) is 16.0 Å². The largest absolute Gasteiger partial charge is 0.484 e. The minimum absolute atomic E-state index is 0.00160. The summed E-state index contributed by atoms with van der Waals surface area (Å²) in [4.78, 5) is 16.7. The molecule has 2 aromatic carbocycles. The van der Waals surface area contributed by atoms with Crippen LogP contribution in [0.2, 0.25) is 0 Å². The highest BCUT2D eigenvalue weighted by Crippen LogP contribution is 2.32. The van der Waals surface area contributed by atoms with Gasteiger partial charge in [-0.15, -0.1) is 0 Å². The van der Waals surface area contributed by atoms with Crippen molar-refractivity contribution in [3.63, 3.8) is 0 Å². The van der Waals surface area contributed by atoms with E-state index in [1.54, 1.807) is 0 Å². The topological polar surface area (TPSA) is 42.0 Å². The number of carbonyl (C=O) groups excluding carboxylic acids is 1. The van der Waals surface area contributed by atoms with E-state index in [2.05, 4.69) is 23.1 Å². The lowest BCUT2D eigenvalue weighted by Gasteiger charge is -2.29. The smallest absolute Gasteiger partial charge is 0.264 e. The Kier molecular flexibility index (Phi) is 4.57. The molecule has 130 valence electrons. The van der Waals surface area contributed by atoms with Crippen molar-refractivity contribution in [3.8, 4) is 5.75 Å². The number of ether oxygens (including phenoxy) is 2. The Morgan fingerprint density at radius 1 is 1.04 bits per heavy atom. The highest BCUT2D eigenvalue weighted by atomic mass is 16.5. The number of hydrogen-bond acceptors (Lipinski definition) is 4. The molecule has 5 nitrogen and oxygen atoms in total. The Morgan fingerprint density at radius 2 is 1.84 bits per heavy atom. The summed E-state index contributed by atoms with van der Waals surface area (Å²) in [6, 6.07) is 15.8. The van der Waals surface area contributed by atoms with Crippen molar-refractivity contribution >= 4 is 17.3 Å². The number of nitrogens with zero attached hydrogens (tertiary/aromatic N) is 2. The molecule has 4 rings (SSSR count). The van der Waals surface area contributed by atoms with E-state index in [0.29, 0.717) is 0 Å². The molecule has 0 N–H and O–H groups in total. The second-order valence-corrected chi connectivity index (χ2v) is 6.31. The van der Waals surface area contributed by atoms with Crippen LogP contribution in [-0.4, -0.2) is 45.4 Å². The van der Waals surface area contributed by atoms with E-state index in [1.165, 1.54) is 11.3 Å². The van der Waals surface area contributed by atoms with Crippen LogP contribution in [0.4, 0.5) is 11.4 Å².